The predicted octanol–water partition coefficient (Wildman–Crippen LogP) is 4.06. The molecule has 0 aliphatic heterocycles. The van der Waals surface area contributed by atoms with Gasteiger partial charge >= 0.3 is 6.01 Å². The smallest absolute Gasteiger partial charge is 0.322 e. The number of carbonyl (C=O) groups is 1. The summed E-state index contributed by atoms with van der Waals surface area (Å²) in [7, 11) is 0. The van der Waals surface area contributed by atoms with Crippen LogP contribution >= 0.6 is 15.9 Å². The standard InChI is InChI=1S/C16H12BrN3O2/c1-10-4-2-6-12(8-10)15-19-20-16(22-15)18-14(21)11-5-3-7-13(17)9-11/h2-9H,1H3,(H,18,20,21). The zero-order valence-corrected chi connectivity index (χ0v) is 13.3. The van der Waals surface area contributed by atoms with Gasteiger partial charge in [0.25, 0.3) is 5.91 Å². The van der Waals surface area contributed by atoms with Gasteiger partial charge in [-0.2, -0.15) is 0 Å². The van der Waals surface area contributed by atoms with Gasteiger partial charge in [-0.25, -0.2) is 0 Å². The summed E-state index contributed by atoms with van der Waals surface area (Å²) in [5, 5.41) is 10.4. The molecule has 0 aliphatic carbocycles. The minimum atomic E-state index is -0.305. The van der Waals surface area contributed by atoms with Crippen LogP contribution in [0.3, 0.4) is 0 Å². The Hall–Kier alpha value is -2.47. The molecule has 1 aromatic heterocycles. The average Bonchev–Trinajstić information content (AvgIpc) is 2.96. The minimum Gasteiger partial charge on any atom is -0.403 e. The van der Waals surface area contributed by atoms with Gasteiger partial charge in [-0.3, -0.25) is 10.1 Å². The molecule has 22 heavy (non-hydrogen) atoms. The summed E-state index contributed by atoms with van der Waals surface area (Å²) in [4.78, 5) is 12.1. The molecule has 6 heteroatoms. The Balaban J connectivity index is 1.78. The van der Waals surface area contributed by atoms with Crippen molar-refractivity contribution in [3.8, 4) is 11.5 Å². The SMILES string of the molecule is Cc1cccc(-c2nnc(NC(=O)c3cccc(Br)c3)o2)c1. The summed E-state index contributed by atoms with van der Waals surface area (Å²) in [6, 6.07) is 14.8. The van der Waals surface area contributed by atoms with Gasteiger partial charge < -0.3 is 4.42 Å². The van der Waals surface area contributed by atoms with Gasteiger partial charge in [0.15, 0.2) is 0 Å². The Morgan fingerprint density at radius 3 is 2.73 bits per heavy atom. The number of halogens is 1. The van der Waals surface area contributed by atoms with Gasteiger partial charge in [0.05, 0.1) is 0 Å². The maximum absolute atomic E-state index is 12.1. The topological polar surface area (TPSA) is 68.0 Å². The van der Waals surface area contributed by atoms with Crippen molar-refractivity contribution in [3.63, 3.8) is 0 Å². The van der Waals surface area contributed by atoms with Crippen LogP contribution in [0.2, 0.25) is 0 Å². The van der Waals surface area contributed by atoms with Crippen LogP contribution in [0.1, 0.15) is 15.9 Å². The van der Waals surface area contributed by atoms with E-state index >= 15 is 0 Å². The molecule has 0 radical (unpaired) electrons. The number of rotatable bonds is 3. The number of aromatic nitrogens is 2. The van der Waals surface area contributed by atoms with Crippen molar-refractivity contribution in [1.82, 2.24) is 10.2 Å². The molecule has 0 unspecified atom stereocenters. The van der Waals surface area contributed by atoms with E-state index in [1.807, 2.05) is 37.3 Å². The number of nitrogens with zero attached hydrogens (tertiary/aromatic N) is 2. The van der Waals surface area contributed by atoms with Crippen molar-refractivity contribution in [2.24, 2.45) is 0 Å². The molecule has 5 nitrogen and oxygen atoms in total. The first-order valence-electron chi connectivity index (χ1n) is 6.59. The van der Waals surface area contributed by atoms with E-state index in [2.05, 4.69) is 31.4 Å². The molecular formula is C16H12BrN3O2. The molecule has 0 saturated heterocycles. The Bertz CT molecular complexity index is 830. The van der Waals surface area contributed by atoms with E-state index in [-0.39, 0.29) is 11.9 Å². The third kappa shape index (κ3) is 3.23. The number of benzene rings is 2. The lowest BCUT2D eigenvalue weighted by Crippen LogP contribution is -2.11. The molecule has 0 saturated carbocycles. The number of hydrogen-bond acceptors (Lipinski definition) is 4. The summed E-state index contributed by atoms with van der Waals surface area (Å²) in [6.07, 6.45) is 0. The summed E-state index contributed by atoms with van der Waals surface area (Å²) < 4.78 is 6.31. The van der Waals surface area contributed by atoms with Gasteiger partial charge in [-0.05, 0) is 37.3 Å². The molecule has 110 valence electrons. The highest BCUT2D eigenvalue weighted by atomic mass is 79.9. The highest BCUT2D eigenvalue weighted by Gasteiger charge is 2.13. The molecule has 0 fully saturated rings. The van der Waals surface area contributed by atoms with E-state index in [1.54, 1.807) is 18.2 Å². The second-order valence-electron chi connectivity index (χ2n) is 4.75. The highest BCUT2D eigenvalue weighted by molar-refractivity contribution is 9.10. The van der Waals surface area contributed by atoms with E-state index in [1.165, 1.54) is 0 Å². The first-order chi connectivity index (χ1) is 10.6. The van der Waals surface area contributed by atoms with Crippen LogP contribution in [0, 0.1) is 6.92 Å². The second-order valence-corrected chi connectivity index (χ2v) is 5.66. The lowest BCUT2D eigenvalue weighted by molar-refractivity contribution is 0.102. The Labute approximate surface area is 135 Å². The molecule has 0 aliphatic rings. The predicted molar refractivity (Wildman–Crippen MR) is 86.6 cm³/mol. The van der Waals surface area contributed by atoms with Gasteiger partial charge in [-0.1, -0.05) is 44.8 Å². The largest absolute Gasteiger partial charge is 0.403 e. The fourth-order valence-electron chi connectivity index (χ4n) is 1.97. The van der Waals surface area contributed by atoms with Crippen molar-refractivity contribution < 1.29 is 9.21 Å². The van der Waals surface area contributed by atoms with Crippen molar-refractivity contribution in [2.75, 3.05) is 5.32 Å². The fraction of sp³-hybridized carbons (Fsp3) is 0.0625. The molecule has 3 aromatic rings. The third-order valence-electron chi connectivity index (χ3n) is 3.00. The number of hydrogen-bond donors (Lipinski definition) is 1. The maximum Gasteiger partial charge on any atom is 0.322 e. The average molecular weight is 358 g/mol. The van der Waals surface area contributed by atoms with E-state index in [0.29, 0.717) is 11.5 Å². The monoisotopic (exact) mass is 357 g/mol. The number of aryl methyl sites for hydroxylation is 1. The molecule has 1 amide bonds. The molecule has 2 aromatic carbocycles. The van der Waals surface area contributed by atoms with Crippen LogP contribution in [0.4, 0.5) is 6.01 Å². The van der Waals surface area contributed by atoms with Gasteiger partial charge in [0.1, 0.15) is 0 Å². The van der Waals surface area contributed by atoms with Crippen LogP contribution in [-0.4, -0.2) is 16.1 Å². The highest BCUT2D eigenvalue weighted by Crippen LogP contribution is 2.21. The third-order valence-corrected chi connectivity index (χ3v) is 3.49. The second kappa shape index (κ2) is 6.11. The molecule has 0 bridgehead atoms. The molecular weight excluding hydrogens is 346 g/mol. The molecule has 1 N–H and O–H groups in total. The Kier molecular flexibility index (Phi) is 4.02. The summed E-state index contributed by atoms with van der Waals surface area (Å²) >= 11 is 3.33. The lowest BCUT2D eigenvalue weighted by Gasteiger charge is -2.01. The van der Waals surface area contributed by atoms with Crippen molar-refractivity contribution >= 4 is 27.9 Å². The van der Waals surface area contributed by atoms with Crippen LogP contribution < -0.4 is 5.32 Å². The molecule has 3 rings (SSSR count). The van der Waals surface area contributed by atoms with E-state index in [9.17, 15) is 4.79 Å². The first-order valence-corrected chi connectivity index (χ1v) is 7.38. The fourth-order valence-corrected chi connectivity index (χ4v) is 2.37. The van der Waals surface area contributed by atoms with Crippen LogP contribution in [-0.2, 0) is 0 Å². The van der Waals surface area contributed by atoms with E-state index in [0.717, 1.165) is 15.6 Å². The first kappa shape index (κ1) is 14.5. The van der Waals surface area contributed by atoms with Gasteiger partial charge in [-0.15, -0.1) is 5.10 Å². The van der Waals surface area contributed by atoms with Crippen molar-refractivity contribution in [3.05, 3.63) is 64.1 Å². The molecule has 1 heterocycles. The van der Waals surface area contributed by atoms with Crippen molar-refractivity contribution in [1.29, 1.82) is 0 Å². The van der Waals surface area contributed by atoms with Crippen molar-refractivity contribution in [2.45, 2.75) is 6.92 Å². The Morgan fingerprint density at radius 2 is 1.95 bits per heavy atom. The quantitative estimate of drug-likeness (QED) is 0.767. The lowest BCUT2D eigenvalue weighted by atomic mass is 10.1. The van der Waals surface area contributed by atoms with Crippen LogP contribution in [0.25, 0.3) is 11.5 Å². The summed E-state index contributed by atoms with van der Waals surface area (Å²) in [6.45, 7) is 1.98. The minimum absolute atomic E-state index is 0.0708. The maximum atomic E-state index is 12.1. The zero-order valence-electron chi connectivity index (χ0n) is 11.7. The number of amides is 1. The van der Waals surface area contributed by atoms with E-state index in [4.69, 9.17) is 4.42 Å². The summed E-state index contributed by atoms with van der Waals surface area (Å²) in [5.41, 5.74) is 2.41. The number of nitrogens with one attached hydrogen (secondary N) is 1. The number of anilines is 1. The summed E-state index contributed by atoms with van der Waals surface area (Å²) in [5.74, 6) is 0.0639. The zero-order chi connectivity index (χ0) is 15.5. The van der Waals surface area contributed by atoms with Gasteiger partial charge in [0.2, 0.25) is 5.89 Å². The number of carbonyl (C=O) groups excluding carboxylic acids is 1. The molecule has 0 spiro atoms. The van der Waals surface area contributed by atoms with Gasteiger partial charge in [0, 0.05) is 15.6 Å². The normalized spacial score (nSPS) is 10.5. The van der Waals surface area contributed by atoms with E-state index < -0.39 is 0 Å². The van der Waals surface area contributed by atoms with Crippen LogP contribution in [0.5, 0.6) is 0 Å². The van der Waals surface area contributed by atoms with Crippen LogP contribution in [0.15, 0.2) is 57.4 Å². The Morgan fingerprint density at radius 1 is 1.14 bits per heavy atom. The molecule has 0 atom stereocenters.